The molecule has 0 radical (unpaired) electrons. The summed E-state index contributed by atoms with van der Waals surface area (Å²) >= 11 is 1.45. The molecule has 8 nitrogen and oxygen atoms in total. The minimum atomic E-state index is -0.385. The summed E-state index contributed by atoms with van der Waals surface area (Å²) in [6.45, 7) is 8.48. The average molecular weight is 417 g/mol. The van der Waals surface area contributed by atoms with Crippen LogP contribution < -0.4 is 4.90 Å². The van der Waals surface area contributed by atoms with Gasteiger partial charge in [0.15, 0.2) is 11.9 Å². The van der Waals surface area contributed by atoms with Gasteiger partial charge in [0.1, 0.15) is 4.88 Å². The molecule has 0 unspecified atom stereocenters. The second-order valence-electron chi connectivity index (χ2n) is 8.16. The van der Waals surface area contributed by atoms with Crippen LogP contribution in [-0.2, 0) is 6.42 Å². The lowest BCUT2D eigenvalue weighted by atomic mass is 9.89. The van der Waals surface area contributed by atoms with Gasteiger partial charge in [-0.15, -0.1) is 5.10 Å². The number of quaternary nitrogens is 1. The number of nitro benzene ring substituents is 1. The summed E-state index contributed by atoms with van der Waals surface area (Å²) in [6, 6.07) is 6.60. The predicted octanol–water partition coefficient (Wildman–Crippen LogP) is 2.62. The van der Waals surface area contributed by atoms with Crippen LogP contribution in [0.5, 0.6) is 5.88 Å². The second-order valence-corrected chi connectivity index (χ2v) is 9.17. The molecule has 3 aromatic rings. The van der Waals surface area contributed by atoms with E-state index in [2.05, 4.69) is 23.9 Å². The van der Waals surface area contributed by atoms with E-state index in [1.165, 1.54) is 27.2 Å². The monoisotopic (exact) mass is 416 g/mol. The van der Waals surface area contributed by atoms with Crippen LogP contribution in [0.15, 0.2) is 24.3 Å². The van der Waals surface area contributed by atoms with Gasteiger partial charge >= 0.3 is 0 Å². The molecule has 1 fully saturated rings. The topological polar surface area (TPSA) is 98.0 Å². The number of nitrogens with zero attached hydrogens (tertiary/aromatic N) is 4. The number of aromatic nitrogens is 3. The Morgan fingerprint density at radius 3 is 2.52 bits per heavy atom. The van der Waals surface area contributed by atoms with Crippen molar-refractivity contribution in [1.82, 2.24) is 14.6 Å². The number of nitrogens with one attached hydrogen (secondary N) is 1. The second kappa shape index (κ2) is 7.72. The first-order valence-electron chi connectivity index (χ1n) is 10.0. The Kier molecular flexibility index (Phi) is 5.26. The Morgan fingerprint density at radius 1 is 1.31 bits per heavy atom. The summed E-state index contributed by atoms with van der Waals surface area (Å²) in [5, 5.41) is 26.5. The van der Waals surface area contributed by atoms with Gasteiger partial charge in [0.2, 0.25) is 10.8 Å². The Hall–Kier alpha value is -2.52. The third-order valence-electron chi connectivity index (χ3n) is 5.69. The zero-order valence-corrected chi connectivity index (χ0v) is 17.6. The molecule has 0 spiro atoms. The fourth-order valence-electron chi connectivity index (χ4n) is 4.56. The number of non-ortho nitro benzene ring substituents is 1. The number of likely N-dealkylation sites (tertiary alicyclic amines) is 1. The van der Waals surface area contributed by atoms with E-state index in [0.29, 0.717) is 29.0 Å². The molecule has 2 N–H and O–H groups in total. The highest BCUT2D eigenvalue weighted by Crippen LogP contribution is 2.36. The zero-order chi connectivity index (χ0) is 20.7. The van der Waals surface area contributed by atoms with Crippen molar-refractivity contribution in [2.75, 3.05) is 13.1 Å². The molecule has 0 saturated carbocycles. The van der Waals surface area contributed by atoms with Crippen LogP contribution in [0.3, 0.4) is 0 Å². The van der Waals surface area contributed by atoms with Gasteiger partial charge in [-0.3, -0.25) is 10.1 Å². The van der Waals surface area contributed by atoms with Gasteiger partial charge < -0.3 is 10.0 Å². The van der Waals surface area contributed by atoms with Crippen LogP contribution in [-0.4, -0.2) is 37.7 Å². The van der Waals surface area contributed by atoms with Gasteiger partial charge in [-0.05, 0) is 18.6 Å². The third kappa shape index (κ3) is 3.72. The normalized spacial score (nSPS) is 23.3. The molecule has 0 bridgehead atoms. The lowest BCUT2D eigenvalue weighted by Crippen LogP contribution is -3.14. The number of nitro groups is 1. The number of aromatic hydroxyl groups is 1. The molecule has 1 aliphatic rings. The van der Waals surface area contributed by atoms with E-state index in [1.54, 1.807) is 12.1 Å². The fourth-order valence-corrected chi connectivity index (χ4v) is 5.72. The van der Waals surface area contributed by atoms with Crippen LogP contribution in [0.25, 0.3) is 4.96 Å². The molecular weight excluding hydrogens is 390 g/mol. The first-order valence-corrected chi connectivity index (χ1v) is 10.8. The van der Waals surface area contributed by atoms with E-state index in [0.717, 1.165) is 23.5 Å². The number of thiazole rings is 1. The molecule has 1 aliphatic heterocycles. The summed E-state index contributed by atoms with van der Waals surface area (Å²) in [7, 11) is 0. The van der Waals surface area contributed by atoms with Crippen molar-refractivity contribution in [2.24, 2.45) is 11.8 Å². The van der Waals surface area contributed by atoms with Gasteiger partial charge in [0.05, 0.1) is 18.0 Å². The molecule has 9 heteroatoms. The SMILES string of the molecule is CCc1nc2sc([C@H](c3ccc([N+](=O)[O-])cc3)[NH+]3C[C@@H](C)C[C@H](C)C3)c(O)n2n1. The highest BCUT2D eigenvalue weighted by Gasteiger charge is 2.37. The number of benzene rings is 1. The molecule has 29 heavy (non-hydrogen) atoms. The van der Waals surface area contributed by atoms with E-state index in [1.807, 2.05) is 19.1 Å². The molecule has 0 amide bonds. The summed E-state index contributed by atoms with van der Waals surface area (Å²) in [6.07, 6.45) is 1.90. The molecular formula is C20H26N5O3S+. The van der Waals surface area contributed by atoms with E-state index in [4.69, 9.17) is 0 Å². The first-order chi connectivity index (χ1) is 13.9. The van der Waals surface area contributed by atoms with Crippen molar-refractivity contribution >= 4 is 22.0 Å². The molecule has 2 aromatic heterocycles. The Balaban J connectivity index is 1.80. The zero-order valence-electron chi connectivity index (χ0n) is 16.8. The third-order valence-corrected chi connectivity index (χ3v) is 6.78. The summed E-state index contributed by atoms with van der Waals surface area (Å²) in [5.74, 6) is 1.98. The standard InChI is InChI=1S/C20H25N5O3S/c1-4-16-21-20-24(22-16)19(26)18(29-20)17(23-10-12(2)9-13(3)11-23)14-5-7-15(8-6-14)25(27)28/h5-8,12-13,17,26H,4,9-11H2,1-3H3/p+1/t12-,13-,17-/m0/s1. The van der Waals surface area contributed by atoms with Crippen molar-refractivity contribution < 1.29 is 14.9 Å². The van der Waals surface area contributed by atoms with Crippen LogP contribution in [0.2, 0.25) is 0 Å². The summed E-state index contributed by atoms with van der Waals surface area (Å²) in [4.78, 5) is 18.1. The van der Waals surface area contributed by atoms with Crippen molar-refractivity contribution in [1.29, 1.82) is 0 Å². The predicted molar refractivity (Wildman–Crippen MR) is 110 cm³/mol. The van der Waals surface area contributed by atoms with E-state index >= 15 is 0 Å². The molecule has 1 aromatic carbocycles. The van der Waals surface area contributed by atoms with Crippen LogP contribution in [0, 0.1) is 22.0 Å². The minimum absolute atomic E-state index is 0.0716. The van der Waals surface area contributed by atoms with Crippen molar-refractivity contribution in [3.8, 4) is 5.88 Å². The lowest BCUT2D eigenvalue weighted by molar-refractivity contribution is -0.936. The Bertz CT molecular complexity index is 1020. The largest absolute Gasteiger partial charge is 0.492 e. The van der Waals surface area contributed by atoms with Crippen LogP contribution in [0.1, 0.15) is 49.5 Å². The maximum absolute atomic E-state index is 11.1. The van der Waals surface area contributed by atoms with Crippen molar-refractivity contribution in [3.05, 3.63) is 50.6 Å². The number of aryl methyl sites for hydroxylation is 1. The average Bonchev–Trinajstić information content (AvgIpc) is 3.21. The van der Waals surface area contributed by atoms with Gasteiger partial charge in [-0.25, -0.2) is 4.98 Å². The molecule has 0 aliphatic carbocycles. The van der Waals surface area contributed by atoms with E-state index in [-0.39, 0.29) is 22.5 Å². The van der Waals surface area contributed by atoms with Crippen molar-refractivity contribution in [3.63, 3.8) is 0 Å². The fraction of sp³-hybridized carbons (Fsp3) is 0.500. The summed E-state index contributed by atoms with van der Waals surface area (Å²) in [5.41, 5.74) is 1.03. The molecule has 3 heterocycles. The van der Waals surface area contributed by atoms with Gasteiger partial charge in [-0.1, -0.05) is 32.1 Å². The van der Waals surface area contributed by atoms with Crippen LogP contribution >= 0.6 is 11.3 Å². The van der Waals surface area contributed by atoms with E-state index < -0.39 is 0 Å². The molecule has 154 valence electrons. The smallest absolute Gasteiger partial charge is 0.269 e. The minimum Gasteiger partial charge on any atom is -0.492 e. The van der Waals surface area contributed by atoms with Crippen molar-refractivity contribution in [2.45, 2.75) is 39.7 Å². The maximum atomic E-state index is 11.1. The van der Waals surface area contributed by atoms with Crippen LogP contribution in [0.4, 0.5) is 5.69 Å². The Morgan fingerprint density at radius 2 is 1.97 bits per heavy atom. The highest BCUT2D eigenvalue weighted by molar-refractivity contribution is 7.17. The first kappa shape index (κ1) is 19.8. The van der Waals surface area contributed by atoms with Gasteiger partial charge in [0, 0.05) is 36.0 Å². The van der Waals surface area contributed by atoms with E-state index in [9.17, 15) is 15.2 Å². The molecule has 4 rings (SSSR count). The maximum Gasteiger partial charge on any atom is 0.269 e. The van der Waals surface area contributed by atoms with Gasteiger partial charge in [-0.2, -0.15) is 4.52 Å². The molecule has 3 atom stereocenters. The summed E-state index contributed by atoms with van der Waals surface area (Å²) < 4.78 is 1.52. The number of hydrogen-bond acceptors (Lipinski definition) is 6. The number of piperidine rings is 1. The molecule has 1 saturated heterocycles. The number of rotatable bonds is 5. The number of hydrogen-bond donors (Lipinski definition) is 2. The number of fused-ring (bicyclic) bond motifs is 1. The quantitative estimate of drug-likeness (QED) is 0.492. The highest BCUT2D eigenvalue weighted by atomic mass is 32.1. The lowest BCUT2D eigenvalue weighted by Gasteiger charge is -2.36. The van der Waals surface area contributed by atoms with Gasteiger partial charge in [0.25, 0.3) is 5.69 Å². The Labute approximate surface area is 173 Å².